The van der Waals surface area contributed by atoms with Crippen molar-refractivity contribution in [3.05, 3.63) is 98.4 Å². The Morgan fingerprint density at radius 3 is 2.49 bits per heavy atom. The largest absolute Gasteiger partial charge is 0.322 e. The van der Waals surface area contributed by atoms with Crippen molar-refractivity contribution in [2.24, 2.45) is 5.92 Å². The smallest absolute Gasteiger partial charge is 0.296 e. The highest BCUT2D eigenvalue weighted by Crippen LogP contribution is 2.35. The highest BCUT2D eigenvalue weighted by molar-refractivity contribution is 7.99. The number of H-pyrrole nitrogens is 1. The van der Waals surface area contributed by atoms with E-state index in [1.54, 1.807) is 43.0 Å². The van der Waals surface area contributed by atoms with E-state index in [-0.39, 0.29) is 17.1 Å². The number of aromatic amines is 1. The van der Waals surface area contributed by atoms with Gasteiger partial charge in [-0.1, -0.05) is 60.3 Å². The van der Waals surface area contributed by atoms with E-state index in [1.807, 2.05) is 37.3 Å². The van der Waals surface area contributed by atoms with Gasteiger partial charge in [-0.3, -0.25) is 8.98 Å². The maximum Gasteiger partial charge on any atom is 0.296 e. The fraction of sp³-hybridized carbons (Fsp3) is 0.345. The summed E-state index contributed by atoms with van der Waals surface area (Å²) in [6.07, 6.45) is 7.60. The zero-order valence-electron chi connectivity index (χ0n) is 21.1. The lowest BCUT2D eigenvalue weighted by Gasteiger charge is -2.14. The third-order valence-corrected chi connectivity index (χ3v) is 9.45. The van der Waals surface area contributed by atoms with Crippen LogP contribution < -0.4 is 5.56 Å². The van der Waals surface area contributed by atoms with Gasteiger partial charge in [0, 0.05) is 27.5 Å². The summed E-state index contributed by atoms with van der Waals surface area (Å²) in [5.41, 5.74) is 4.35. The molecule has 37 heavy (non-hydrogen) atoms. The molecule has 5 nitrogen and oxygen atoms in total. The summed E-state index contributed by atoms with van der Waals surface area (Å²) in [5, 5.41) is 0.627. The number of thioether (sulfide) groups is 1. The molecule has 1 aliphatic carbocycles. The van der Waals surface area contributed by atoms with E-state index in [4.69, 9.17) is 15.8 Å². The van der Waals surface area contributed by atoms with Gasteiger partial charge in [-0.15, -0.1) is 11.8 Å². The van der Waals surface area contributed by atoms with Gasteiger partial charge in [0.05, 0.1) is 16.5 Å². The fourth-order valence-electron chi connectivity index (χ4n) is 4.37. The van der Waals surface area contributed by atoms with Gasteiger partial charge in [-0.2, -0.15) is 8.42 Å². The average Bonchev–Trinajstić information content (AvgIpc) is 3.39. The maximum absolute atomic E-state index is 12.3. The number of benzene rings is 2. The minimum absolute atomic E-state index is 0.0836. The molecule has 1 aliphatic rings. The second-order valence-electron chi connectivity index (χ2n) is 9.45. The Bertz CT molecular complexity index is 1420. The first-order valence-electron chi connectivity index (χ1n) is 12.5. The minimum Gasteiger partial charge on any atom is -0.322 e. The number of allylic oxidation sites excluding steroid dienone is 1. The Balaban J connectivity index is 1.40. The predicted molar refractivity (Wildman–Crippen MR) is 152 cm³/mol. The topological polar surface area (TPSA) is 76.2 Å². The molecule has 0 bridgehead atoms. The molecule has 1 fully saturated rings. The Labute approximate surface area is 228 Å². The van der Waals surface area contributed by atoms with Crippen molar-refractivity contribution in [3.8, 4) is 0 Å². The molecular weight excluding hydrogens is 526 g/mol. The Morgan fingerprint density at radius 1 is 1.08 bits per heavy atom. The van der Waals surface area contributed by atoms with Gasteiger partial charge in [0.15, 0.2) is 0 Å². The summed E-state index contributed by atoms with van der Waals surface area (Å²) in [6.45, 7) is 3.81. The molecule has 8 heteroatoms. The number of hydrogen-bond donors (Lipinski definition) is 1. The summed E-state index contributed by atoms with van der Waals surface area (Å²) in [7, 11) is -3.75. The molecule has 1 N–H and O–H groups in total. The highest BCUT2D eigenvalue weighted by Gasteiger charge is 2.17. The summed E-state index contributed by atoms with van der Waals surface area (Å²) < 4.78 is 29.9. The second kappa shape index (κ2) is 12.5. The molecule has 0 radical (unpaired) electrons. The zero-order chi connectivity index (χ0) is 26.4. The standard InChI is InChI=1S/C29H32ClNO4S2/c1-20-8-12-24(13-9-20)37(33,34)35-16-5-17-36-28-15-11-23(19-26(28)30)25(18-22-6-3-4-7-22)27-14-10-21(2)29(32)31-27/h8-15,18-19,22H,3-7,16-17H2,1-2H3,(H,31,32). The number of halogens is 1. The molecule has 4 rings (SSSR count). The Morgan fingerprint density at radius 2 is 1.81 bits per heavy atom. The van der Waals surface area contributed by atoms with Crippen LogP contribution in [0.2, 0.25) is 5.02 Å². The first-order valence-corrected chi connectivity index (χ1v) is 15.3. The van der Waals surface area contributed by atoms with Crippen LogP contribution in [0.25, 0.3) is 5.57 Å². The average molecular weight is 558 g/mol. The van der Waals surface area contributed by atoms with Gasteiger partial charge in [0.2, 0.25) is 0 Å². The van der Waals surface area contributed by atoms with Crippen LogP contribution in [0.3, 0.4) is 0 Å². The number of aromatic nitrogens is 1. The van der Waals surface area contributed by atoms with Gasteiger partial charge in [-0.05, 0) is 74.9 Å². The van der Waals surface area contributed by atoms with Crippen LogP contribution in [0, 0.1) is 19.8 Å². The van der Waals surface area contributed by atoms with Crippen molar-refractivity contribution in [2.45, 2.75) is 55.7 Å². The lowest BCUT2D eigenvalue weighted by atomic mass is 9.96. The van der Waals surface area contributed by atoms with E-state index < -0.39 is 10.1 Å². The second-order valence-corrected chi connectivity index (χ2v) is 12.6. The van der Waals surface area contributed by atoms with E-state index in [1.165, 1.54) is 12.8 Å². The highest BCUT2D eigenvalue weighted by atomic mass is 35.5. The molecular formula is C29H32ClNO4S2. The van der Waals surface area contributed by atoms with Crippen LogP contribution in [-0.4, -0.2) is 25.8 Å². The van der Waals surface area contributed by atoms with Crippen LogP contribution in [-0.2, 0) is 14.3 Å². The van der Waals surface area contributed by atoms with Crippen molar-refractivity contribution in [3.63, 3.8) is 0 Å². The van der Waals surface area contributed by atoms with Crippen LogP contribution >= 0.6 is 23.4 Å². The van der Waals surface area contributed by atoms with E-state index >= 15 is 0 Å². The maximum atomic E-state index is 12.3. The molecule has 0 unspecified atom stereocenters. The molecule has 3 aromatic rings. The quantitative estimate of drug-likeness (QED) is 0.163. The van der Waals surface area contributed by atoms with Crippen LogP contribution in [0.1, 0.15) is 54.5 Å². The lowest BCUT2D eigenvalue weighted by molar-refractivity contribution is 0.319. The van der Waals surface area contributed by atoms with E-state index in [9.17, 15) is 13.2 Å². The van der Waals surface area contributed by atoms with Crippen LogP contribution in [0.5, 0.6) is 0 Å². The molecule has 1 aromatic heterocycles. The summed E-state index contributed by atoms with van der Waals surface area (Å²) in [5.74, 6) is 1.15. The number of pyridine rings is 1. The van der Waals surface area contributed by atoms with E-state index in [0.29, 0.717) is 28.7 Å². The third kappa shape index (κ3) is 7.38. The van der Waals surface area contributed by atoms with Gasteiger partial charge < -0.3 is 4.98 Å². The molecule has 0 amide bonds. The van der Waals surface area contributed by atoms with Gasteiger partial charge in [0.1, 0.15) is 0 Å². The lowest BCUT2D eigenvalue weighted by Crippen LogP contribution is -2.11. The molecule has 0 spiro atoms. The number of nitrogens with one attached hydrogen (secondary N) is 1. The van der Waals surface area contributed by atoms with Crippen molar-refractivity contribution in [1.29, 1.82) is 0 Å². The molecule has 0 saturated heterocycles. The summed E-state index contributed by atoms with van der Waals surface area (Å²) >= 11 is 8.23. The molecule has 1 heterocycles. The molecule has 0 atom stereocenters. The summed E-state index contributed by atoms with van der Waals surface area (Å²) in [6, 6.07) is 16.4. The van der Waals surface area contributed by atoms with Crippen molar-refractivity contribution in [2.75, 3.05) is 12.4 Å². The monoisotopic (exact) mass is 557 g/mol. The SMILES string of the molecule is Cc1ccc(S(=O)(=O)OCCCSc2ccc(C(=CC3CCCC3)c3ccc(C)c(=O)[nH]3)cc2Cl)cc1. The van der Waals surface area contributed by atoms with Gasteiger partial charge in [-0.25, -0.2) is 0 Å². The fourth-order valence-corrected chi connectivity index (χ4v) is 6.50. The summed E-state index contributed by atoms with van der Waals surface area (Å²) in [4.78, 5) is 16.4. The van der Waals surface area contributed by atoms with E-state index in [0.717, 1.165) is 40.1 Å². The third-order valence-electron chi connectivity index (χ3n) is 6.54. The van der Waals surface area contributed by atoms with Crippen molar-refractivity contribution < 1.29 is 12.6 Å². The number of aryl methyl sites for hydroxylation is 2. The number of hydrogen-bond acceptors (Lipinski definition) is 5. The zero-order valence-corrected chi connectivity index (χ0v) is 23.5. The minimum atomic E-state index is -3.75. The Kier molecular flexibility index (Phi) is 9.35. The van der Waals surface area contributed by atoms with Gasteiger partial charge in [0.25, 0.3) is 15.7 Å². The van der Waals surface area contributed by atoms with Crippen LogP contribution in [0.4, 0.5) is 0 Å². The first kappa shape index (κ1) is 27.7. The van der Waals surface area contributed by atoms with Crippen LogP contribution in [0.15, 0.2) is 75.3 Å². The van der Waals surface area contributed by atoms with Crippen molar-refractivity contribution in [1.82, 2.24) is 4.98 Å². The normalized spacial score (nSPS) is 14.8. The Hall–Kier alpha value is -2.32. The van der Waals surface area contributed by atoms with Crippen molar-refractivity contribution >= 4 is 39.1 Å². The molecule has 0 aliphatic heterocycles. The number of rotatable bonds is 10. The molecule has 1 saturated carbocycles. The van der Waals surface area contributed by atoms with Gasteiger partial charge >= 0.3 is 0 Å². The first-order chi connectivity index (χ1) is 17.7. The van der Waals surface area contributed by atoms with E-state index in [2.05, 4.69) is 11.1 Å². The predicted octanol–water partition coefficient (Wildman–Crippen LogP) is 7.15. The molecule has 2 aromatic carbocycles. The molecule has 196 valence electrons.